The lowest BCUT2D eigenvalue weighted by molar-refractivity contribution is 0.0974. The van der Waals surface area contributed by atoms with Gasteiger partial charge in [-0.2, -0.15) is 0 Å². The van der Waals surface area contributed by atoms with E-state index in [0.717, 1.165) is 52.0 Å². The fourth-order valence-corrected chi connectivity index (χ4v) is 5.67. The minimum atomic E-state index is -0.140. The maximum absolute atomic E-state index is 14.1. The van der Waals surface area contributed by atoms with E-state index in [0.29, 0.717) is 55.2 Å². The molecule has 1 aliphatic rings. The maximum Gasteiger partial charge on any atom is 0.330 e. The van der Waals surface area contributed by atoms with E-state index in [1.54, 1.807) is 11.7 Å². The summed E-state index contributed by atoms with van der Waals surface area (Å²) in [5.74, 6) is 1.30. The number of carbonyl (C=O) groups excluding carboxylic acids is 1. The number of methoxy groups -OCH3 is 1. The monoisotopic (exact) mass is 555 g/mol. The van der Waals surface area contributed by atoms with E-state index in [9.17, 15) is 9.59 Å². The van der Waals surface area contributed by atoms with Gasteiger partial charge in [-0.25, -0.2) is 14.8 Å². The summed E-state index contributed by atoms with van der Waals surface area (Å²) < 4.78 is 15.1. The zero-order valence-corrected chi connectivity index (χ0v) is 24.4. The summed E-state index contributed by atoms with van der Waals surface area (Å²) in [5.41, 5.74) is 7.84. The van der Waals surface area contributed by atoms with Gasteiger partial charge in [-0.1, -0.05) is 17.7 Å². The summed E-state index contributed by atoms with van der Waals surface area (Å²) in [7, 11) is 1.63. The SMILES string of the molecule is CCOc1cc2c(cc1OC)-c1cc(=Nc3c(C)cc(C)cc3C)n(CCCC(=O)c3cnc[nH]3)c(=O)n1CCC2. The number of H-pyrrole nitrogens is 1. The molecule has 0 amide bonds. The number of rotatable bonds is 9. The van der Waals surface area contributed by atoms with Crippen LogP contribution >= 0.6 is 0 Å². The number of hydrogen-bond acceptors (Lipinski definition) is 6. The van der Waals surface area contributed by atoms with Crippen LogP contribution in [-0.4, -0.2) is 38.6 Å². The zero-order chi connectivity index (χ0) is 29.1. The molecule has 0 saturated heterocycles. The molecule has 9 nitrogen and oxygen atoms in total. The maximum atomic E-state index is 14.1. The highest BCUT2D eigenvalue weighted by Gasteiger charge is 2.21. The first kappa shape index (κ1) is 28.1. The molecule has 5 rings (SSSR count). The predicted octanol–water partition coefficient (Wildman–Crippen LogP) is 5.21. The van der Waals surface area contributed by atoms with Crippen molar-refractivity contribution in [2.24, 2.45) is 4.99 Å². The van der Waals surface area contributed by atoms with Gasteiger partial charge in [-0.05, 0) is 75.8 Å². The predicted molar refractivity (Wildman–Crippen MR) is 158 cm³/mol. The molecule has 0 saturated carbocycles. The molecule has 3 heterocycles. The second kappa shape index (κ2) is 12.0. The van der Waals surface area contributed by atoms with Crippen LogP contribution in [0.4, 0.5) is 5.69 Å². The molecule has 0 atom stereocenters. The Balaban J connectivity index is 1.67. The normalized spacial score (nSPS) is 13.0. The van der Waals surface area contributed by atoms with Crippen LogP contribution in [0.25, 0.3) is 11.3 Å². The minimum absolute atomic E-state index is 0.0344. The van der Waals surface area contributed by atoms with Gasteiger partial charge in [0, 0.05) is 31.1 Å². The van der Waals surface area contributed by atoms with E-state index in [2.05, 4.69) is 29.0 Å². The third kappa shape index (κ3) is 5.75. The first-order valence-electron chi connectivity index (χ1n) is 14.1. The van der Waals surface area contributed by atoms with E-state index in [1.165, 1.54) is 12.5 Å². The lowest BCUT2D eigenvalue weighted by Crippen LogP contribution is -2.40. The lowest BCUT2D eigenvalue weighted by atomic mass is 10.0. The molecule has 9 heteroatoms. The summed E-state index contributed by atoms with van der Waals surface area (Å²) in [6.07, 6.45) is 5.42. The van der Waals surface area contributed by atoms with Gasteiger partial charge in [0.05, 0.1) is 37.6 Å². The summed E-state index contributed by atoms with van der Waals surface area (Å²) >= 11 is 0. The van der Waals surface area contributed by atoms with Crippen LogP contribution in [0.2, 0.25) is 0 Å². The third-order valence-electron chi connectivity index (χ3n) is 7.53. The number of hydrogen-bond donors (Lipinski definition) is 1. The van der Waals surface area contributed by atoms with Crippen molar-refractivity contribution in [1.29, 1.82) is 0 Å². The second-order valence-electron chi connectivity index (χ2n) is 10.5. The largest absolute Gasteiger partial charge is 0.493 e. The highest BCUT2D eigenvalue weighted by Crippen LogP contribution is 2.37. The average Bonchev–Trinajstić information content (AvgIpc) is 3.42. The van der Waals surface area contributed by atoms with Crippen molar-refractivity contribution < 1.29 is 14.3 Å². The Bertz CT molecular complexity index is 1690. The van der Waals surface area contributed by atoms with Crippen molar-refractivity contribution in [3.8, 4) is 22.8 Å². The average molecular weight is 556 g/mol. The number of fused-ring (bicyclic) bond motifs is 3. The number of Topliss-reactive ketones (excluding diaryl/α,β-unsaturated/α-hetero) is 1. The van der Waals surface area contributed by atoms with Crippen molar-refractivity contribution in [2.75, 3.05) is 13.7 Å². The van der Waals surface area contributed by atoms with Crippen LogP contribution in [0.5, 0.6) is 11.5 Å². The highest BCUT2D eigenvalue weighted by atomic mass is 16.5. The summed E-state index contributed by atoms with van der Waals surface area (Å²) in [6.45, 7) is 9.56. The Labute approximate surface area is 239 Å². The molecular weight excluding hydrogens is 518 g/mol. The smallest absolute Gasteiger partial charge is 0.330 e. The number of nitrogens with zero attached hydrogens (tertiary/aromatic N) is 4. The van der Waals surface area contributed by atoms with Gasteiger partial charge in [0.1, 0.15) is 11.2 Å². The second-order valence-corrected chi connectivity index (χ2v) is 10.5. The van der Waals surface area contributed by atoms with Gasteiger partial charge in [0.2, 0.25) is 0 Å². The van der Waals surface area contributed by atoms with Crippen LogP contribution in [0.1, 0.15) is 58.9 Å². The Morgan fingerprint density at radius 1 is 1.10 bits per heavy atom. The number of imidazole rings is 1. The molecule has 1 aliphatic heterocycles. The van der Waals surface area contributed by atoms with Crippen molar-refractivity contribution in [3.63, 3.8) is 0 Å². The first-order chi connectivity index (χ1) is 19.8. The number of aromatic nitrogens is 4. The molecule has 0 unspecified atom stereocenters. The zero-order valence-electron chi connectivity index (χ0n) is 24.4. The molecule has 0 radical (unpaired) electrons. The Morgan fingerprint density at radius 2 is 1.88 bits per heavy atom. The third-order valence-corrected chi connectivity index (χ3v) is 7.53. The highest BCUT2D eigenvalue weighted by molar-refractivity contribution is 5.93. The van der Waals surface area contributed by atoms with E-state index in [1.807, 2.05) is 43.5 Å². The molecule has 41 heavy (non-hydrogen) atoms. The van der Waals surface area contributed by atoms with Crippen LogP contribution < -0.4 is 20.7 Å². The van der Waals surface area contributed by atoms with Gasteiger partial charge in [0.15, 0.2) is 17.3 Å². The van der Waals surface area contributed by atoms with Crippen LogP contribution in [-0.2, 0) is 19.5 Å². The number of ether oxygens (including phenoxy) is 2. The molecule has 0 aliphatic carbocycles. The summed E-state index contributed by atoms with van der Waals surface area (Å²) in [5, 5.41) is 0. The quantitative estimate of drug-likeness (QED) is 0.286. The van der Waals surface area contributed by atoms with Gasteiger partial charge < -0.3 is 14.5 Å². The lowest BCUT2D eigenvalue weighted by Gasteiger charge is -2.18. The molecule has 2 aromatic carbocycles. The first-order valence-corrected chi connectivity index (χ1v) is 14.1. The van der Waals surface area contributed by atoms with Gasteiger partial charge in [0.25, 0.3) is 0 Å². The molecule has 1 N–H and O–H groups in total. The van der Waals surface area contributed by atoms with Gasteiger partial charge in [-0.3, -0.25) is 13.9 Å². The van der Waals surface area contributed by atoms with Gasteiger partial charge >= 0.3 is 5.69 Å². The fourth-order valence-electron chi connectivity index (χ4n) is 5.67. The van der Waals surface area contributed by atoms with Crippen molar-refractivity contribution in [3.05, 3.63) is 86.8 Å². The van der Waals surface area contributed by atoms with Crippen molar-refractivity contribution in [1.82, 2.24) is 19.1 Å². The Morgan fingerprint density at radius 3 is 2.56 bits per heavy atom. The number of benzene rings is 2. The van der Waals surface area contributed by atoms with Crippen molar-refractivity contribution >= 4 is 11.5 Å². The van der Waals surface area contributed by atoms with E-state index >= 15 is 0 Å². The number of ketones is 1. The Hall–Kier alpha value is -4.40. The van der Waals surface area contributed by atoms with Crippen LogP contribution in [0.3, 0.4) is 0 Å². The van der Waals surface area contributed by atoms with Gasteiger partial charge in [-0.15, -0.1) is 0 Å². The Kier molecular flexibility index (Phi) is 8.23. The summed E-state index contributed by atoms with van der Waals surface area (Å²) in [4.78, 5) is 38.7. The minimum Gasteiger partial charge on any atom is -0.493 e. The molecule has 214 valence electrons. The molecule has 2 aromatic heterocycles. The van der Waals surface area contributed by atoms with E-state index in [-0.39, 0.29) is 11.5 Å². The summed E-state index contributed by atoms with van der Waals surface area (Å²) in [6, 6.07) is 10.2. The van der Waals surface area contributed by atoms with E-state index in [4.69, 9.17) is 14.5 Å². The van der Waals surface area contributed by atoms with Crippen LogP contribution in [0, 0.1) is 20.8 Å². The van der Waals surface area contributed by atoms with Crippen LogP contribution in [0.15, 0.2) is 52.6 Å². The topological polar surface area (TPSA) is 104 Å². The van der Waals surface area contributed by atoms with E-state index < -0.39 is 0 Å². The fraction of sp³-hybridized carbons (Fsp3) is 0.375. The standard InChI is InChI=1S/C32H37N5O4/c1-6-41-29-15-23-9-7-11-36-26(24(23)16-28(29)40-5)17-30(35-31-21(3)13-20(2)14-22(31)4)37(32(36)39)12-8-10-27(38)25-18-33-19-34-25/h13-19H,6-12H2,1-5H3,(H,33,34). The number of nitrogens with one attached hydrogen (secondary N) is 1. The molecule has 0 spiro atoms. The molecule has 0 fully saturated rings. The number of aromatic amines is 1. The number of aryl methyl sites for hydroxylation is 4. The molecule has 0 bridgehead atoms. The molecule has 4 aromatic rings. The molecular formula is C32H37N5O4. The van der Waals surface area contributed by atoms with Crippen molar-refractivity contribution in [2.45, 2.75) is 66.5 Å². The number of carbonyl (C=O) groups is 1.